The second-order valence-electron chi connectivity index (χ2n) is 5.44. The van der Waals surface area contributed by atoms with E-state index in [0.717, 1.165) is 31.7 Å². The molecule has 5 nitrogen and oxygen atoms in total. The van der Waals surface area contributed by atoms with Crippen LogP contribution >= 0.6 is 11.6 Å². The molecule has 22 heavy (non-hydrogen) atoms. The number of rotatable bonds is 3. The zero-order valence-electron chi connectivity index (χ0n) is 12.1. The summed E-state index contributed by atoms with van der Waals surface area (Å²) in [5.74, 6) is -2.03. The molecule has 1 aromatic carbocycles. The Morgan fingerprint density at radius 2 is 2.00 bits per heavy atom. The van der Waals surface area contributed by atoms with E-state index in [9.17, 15) is 14.0 Å². The van der Waals surface area contributed by atoms with Gasteiger partial charge in [-0.3, -0.25) is 9.59 Å². The van der Waals surface area contributed by atoms with Crippen molar-refractivity contribution in [2.45, 2.75) is 31.7 Å². The van der Waals surface area contributed by atoms with E-state index >= 15 is 0 Å². The zero-order chi connectivity index (χ0) is 16.1. The largest absolute Gasteiger partial charge is 0.345 e. The smallest absolute Gasteiger partial charge is 0.313 e. The number of halogens is 2. The molecule has 0 heterocycles. The molecule has 7 heteroatoms. The molecule has 1 aromatic rings. The lowest BCUT2D eigenvalue weighted by molar-refractivity contribution is -0.137. The highest BCUT2D eigenvalue weighted by Gasteiger charge is 2.27. The molecular weight excluding hydrogens is 309 g/mol. The highest BCUT2D eigenvalue weighted by atomic mass is 35.5. The van der Waals surface area contributed by atoms with Gasteiger partial charge in [0.1, 0.15) is 5.82 Å². The molecule has 0 aliphatic heterocycles. The summed E-state index contributed by atoms with van der Waals surface area (Å²) in [4.78, 5) is 23.8. The molecule has 120 valence electrons. The number of hydrogen-bond acceptors (Lipinski definition) is 3. The van der Waals surface area contributed by atoms with Crippen molar-refractivity contribution in [1.29, 1.82) is 0 Å². The first kappa shape index (κ1) is 16.7. The maximum atomic E-state index is 13.3. The Balaban J connectivity index is 1.94. The lowest BCUT2D eigenvalue weighted by atomic mass is 9.84. The normalized spacial score (nSPS) is 21.2. The van der Waals surface area contributed by atoms with Crippen molar-refractivity contribution < 1.29 is 14.0 Å². The van der Waals surface area contributed by atoms with Crippen LogP contribution in [0.3, 0.4) is 0 Å². The van der Waals surface area contributed by atoms with Crippen molar-refractivity contribution in [2.24, 2.45) is 11.7 Å². The van der Waals surface area contributed by atoms with E-state index in [2.05, 4.69) is 10.6 Å². The number of nitrogens with two attached hydrogens (primary N) is 1. The Bertz CT molecular complexity index is 568. The molecule has 2 unspecified atom stereocenters. The van der Waals surface area contributed by atoms with Crippen LogP contribution in [0.5, 0.6) is 0 Å². The summed E-state index contributed by atoms with van der Waals surface area (Å²) in [6.45, 7) is 0.481. The van der Waals surface area contributed by atoms with Gasteiger partial charge in [0.05, 0.1) is 5.02 Å². The fourth-order valence-corrected chi connectivity index (χ4v) is 2.79. The van der Waals surface area contributed by atoms with Gasteiger partial charge in [0.2, 0.25) is 0 Å². The highest BCUT2D eigenvalue weighted by molar-refractivity contribution is 6.39. The number of benzene rings is 1. The molecule has 0 aromatic heterocycles. The Morgan fingerprint density at radius 1 is 1.27 bits per heavy atom. The standard InChI is InChI=1S/C15H19ClFN3O2/c16-11-6-5-10(7-12(11)17)19-14(21)15(22)20-13-4-2-1-3-9(13)8-18/h5-7,9,13H,1-4,8,18H2,(H,19,21)(H,20,22). The fourth-order valence-electron chi connectivity index (χ4n) is 2.68. The minimum atomic E-state index is -0.830. The Hall–Kier alpha value is -1.66. The van der Waals surface area contributed by atoms with Gasteiger partial charge in [0.15, 0.2) is 0 Å². The van der Waals surface area contributed by atoms with Crippen LogP contribution in [0.1, 0.15) is 25.7 Å². The van der Waals surface area contributed by atoms with Crippen LogP contribution in [0.4, 0.5) is 10.1 Å². The lowest BCUT2D eigenvalue weighted by Gasteiger charge is -2.31. The number of anilines is 1. The van der Waals surface area contributed by atoms with Crippen LogP contribution in [0, 0.1) is 11.7 Å². The molecule has 0 radical (unpaired) electrons. The van der Waals surface area contributed by atoms with Gasteiger partial charge in [-0.05, 0) is 43.5 Å². The summed E-state index contributed by atoms with van der Waals surface area (Å²) in [7, 11) is 0. The van der Waals surface area contributed by atoms with Crippen LogP contribution in [-0.4, -0.2) is 24.4 Å². The van der Waals surface area contributed by atoms with Crippen molar-refractivity contribution in [3.05, 3.63) is 29.0 Å². The van der Waals surface area contributed by atoms with Crippen molar-refractivity contribution in [3.63, 3.8) is 0 Å². The van der Waals surface area contributed by atoms with Crippen molar-refractivity contribution >= 4 is 29.1 Å². The summed E-state index contributed by atoms with van der Waals surface area (Å²) in [6.07, 6.45) is 3.86. The molecule has 1 saturated carbocycles. The minimum Gasteiger partial charge on any atom is -0.345 e. The predicted octanol–water partition coefficient (Wildman–Crippen LogP) is 2.05. The highest BCUT2D eigenvalue weighted by Crippen LogP contribution is 2.23. The van der Waals surface area contributed by atoms with E-state index in [0.29, 0.717) is 6.54 Å². The van der Waals surface area contributed by atoms with E-state index in [1.165, 1.54) is 12.1 Å². The SMILES string of the molecule is NCC1CCCCC1NC(=O)C(=O)Nc1ccc(Cl)c(F)c1. The second kappa shape index (κ2) is 7.56. The van der Waals surface area contributed by atoms with Crippen molar-refractivity contribution in [2.75, 3.05) is 11.9 Å². The Labute approximate surface area is 133 Å². The van der Waals surface area contributed by atoms with Gasteiger partial charge >= 0.3 is 11.8 Å². The van der Waals surface area contributed by atoms with E-state index in [1.54, 1.807) is 0 Å². The summed E-state index contributed by atoms with van der Waals surface area (Å²) >= 11 is 5.56. The van der Waals surface area contributed by atoms with Crippen LogP contribution < -0.4 is 16.4 Å². The van der Waals surface area contributed by atoms with Crippen LogP contribution in [0.25, 0.3) is 0 Å². The van der Waals surface area contributed by atoms with Gasteiger partial charge in [-0.2, -0.15) is 0 Å². The van der Waals surface area contributed by atoms with Crippen molar-refractivity contribution in [1.82, 2.24) is 5.32 Å². The van der Waals surface area contributed by atoms with Gasteiger partial charge in [-0.25, -0.2) is 4.39 Å². The first-order valence-corrected chi connectivity index (χ1v) is 7.66. The molecule has 0 spiro atoms. The number of hydrogen-bond donors (Lipinski definition) is 3. The van der Waals surface area contributed by atoms with Crippen molar-refractivity contribution in [3.8, 4) is 0 Å². The quantitative estimate of drug-likeness (QED) is 0.743. The summed E-state index contributed by atoms with van der Waals surface area (Å²) in [5.41, 5.74) is 5.88. The van der Waals surface area contributed by atoms with Crippen LogP contribution in [-0.2, 0) is 9.59 Å². The number of amides is 2. The maximum absolute atomic E-state index is 13.3. The first-order chi connectivity index (χ1) is 10.5. The molecule has 0 saturated heterocycles. The minimum absolute atomic E-state index is 0.0459. The molecule has 2 amide bonds. The zero-order valence-corrected chi connectivity index (χ0v) is 12.8. The van der Waals surface area contributed by atoms with Gasteiger partial charge in [-0.15, -0.1) is 0 Å². The number of carbonyl (C=O) groups is 2. The summed E-state index contributed by atoms with van der Waals surface area (Å²) < 4.78 is 13.3. The van der Waals surface area contributed by atoms with E-state index in [4.69, 9.17) is 17.3 Å². The number of carbonyl (C=O) groups excluding carboxylic acids is 2. The monoisotopic (exact) mass is 327 g/mol. The van der Waals surface area contributed by atoms with E-state index in [1.807, 2.05) is 0 Å². The second-order valence-corrected chi connectivity index (χ2v) is 5.85. The molecule has 2 rings (SSSR count). The molecule has 1 aliphatic carbocycles. The lowest BCUT2D eigenvalue weighted by Crippen LogP contribution is -2.48. The molecular formula is C15H19ClFN3O2. The molecule has 4 N–H and O–H groups in total. The third kappa shape index (κ3) is 4.18. The molecule has 1 fully saturated rings. The third-order valence-electron chi connectivity index (χ3n) is 3.91. The predicted molar refractivity (Wildman–Crippen MR) is 83.0 cm³/mol. The van der Waals surface area contributed by atoms with Crippen LogP contribution in [0.2, 0.25) is 5.02 Å². The van der Waals surface area contributed by atoms with Gasteiger partial charge < -0.3 is 16.4 Å². The topological polar surface area (TPSA) is 84.2 Å². The molecule has 1 aliphatic rings. The molecule has 2 atom stereocenters. The number of nitrogens with one attached hydrogen (secondary N) is 2. The first-order valence-electron chi connectivity index (χ1n) is 7.28. The summed E-state index contributed by atoms with van der Waals surface area (Å²) in [5, 5.41) is 5.02. The molecule has 0 bridgehead atoms. The summed E-state index contributed by atoms with van der Waals surface area (Å²) in [6, 6.07) is 3.73. The Morgan fingerprint density at radius 3 is 2.68 bits per heavy atom. The fraction of sp³-hybridized carbons (Fsp3) is 0.467. The Kier molecular flexibility index (Phi) is 5.74. The maximum Gasteiger partial charge on any atom is 0.313 e. The van der Waals surface area contributed by atoms with Crippen LogP contribution in [0.15, 0.2) is 18.2 Å². The average Bonchev–Trinajstić information content (AvgIpc) is 2.51. The van der Waals surface area contributed by atoms with E-state index < -0.39 is 17.6 Å². The van der Waals surface area contributed by atoms with E-state index in [-0.39, 0.29) is 22.7 Å². The van der Waals surface area contributed by atoms with Gasteiger partial charge in [0.25, 0.3) is 0 Å². The third-order valence-corrected chi connectivity index (χ3v) is 4.22. The van der Waals surface area contributed by atoms with Gasteiger partial charge in [-0.1, -0.05) is 24.4 Å². The van der Waals surface area contributed by atoms with Gasteiger partial charge in [0, 0.05) is 11.7 Å². The average molecular weight is 328 g/mol.